The van der Waals surface area contributed by atoms with E-state index < -0.39 is 23.6 Å². The predicted molar refractivity (Wildman–Crippen MR) is 85.5 cm³/mol. The average Bonchev–Trinajstić information content (AvgIpc) is 2.56. The molecule has 0 aromatic heterocycles. The van der Waals surface area contributed by atoms with Crippen molar-refractivity contribution in [3.8, 4) is 5.75 Å². The number of nitro benzene ring substituents is 1. The molecule has 0 aliphatic heterocycles. The van der Waals surface area contributed by atoms with Crippen LogP contribution in [-0.4, -0.2) is 47.7 Å². The summed E-state index contributed by atoms with van der Waals surface area (Å²) in [5.74, 6) is -0.974. The van der Waals surface area contributed by atoms with Crippen LogP contribution in [0.15, 0.2) is 18.2 Å². The molecule has 0 aliphatic rings. The minimum Gasteiger partial charge on any atom is -0.449 e. The maximum atomic E-state index is 12.1. The van der Waals surface area contributed by atoms with Crippen LogP contribution < -0.4 is 9.64 Å². The molecule has 1 rings (SSSR count). The number of nitro groups is 1. The summed E-state index contributed by atoms with van der Waals surface area (Å²) in [7, 11) is 0. The van der Waals surface area contributed by atoms with Gasteiger partial charge in [-0.1, -0.05) is 0 Å². The van der Waals surface area contributed by atoms with E-state index in [2.05, 4.69) is 0 Å². The van der Waals surface area contributed by atoms with Crippen LogP contribution in [0.25, 0.3) is 0 Å². The van der Waals surface area contributed by atoms with Gasteiger partial charge in [-0.3, -0.25) is 15.0 Å². The molecule has 10 heteroatoms. The molecule has 0 bridgehead atoms. The number of nitrogens with zero attached hydrogens (tertiary/aromatic N) is 2. The molecule has 1 amide bonds. The van der Waals surface area contributed by atoms with Crippen molar-refractivity contribution in [1.82, 2.24) is 0 Å². The van der Waals surface area contributed by atoms with Gasteiger partial charge < -0.3 is 14.6 Å². The zero-order valence-corrected chi connectivity index (χ0v) is 13.7. The van der Waals surface area contributed by atoms with Crippen molar-refractivity contribution in [3.63, 3.8) is 0 Å². The number of ether oxygens (including phenoxy) is 2. The Morgan fingerprint density at radius 2 is 2.12 bits per heavy atom. The third-order valence-electron chi connectivity index (χ3n) is 2.80. The highest BCUT2D eigenvalue weighted by Gasteiger charge is 2.24. The van der Waals surface area contributed by atoms with Crippen molar-refractivity contribution in [2.45, 2.75) is 13.3 Å². The molecule has 1 N–H and O–H groups in total. The van der Waals surface area contributed by atoms with E-state index in [1.54, 1.807) is 6.92 Å². The number of amides is 1. The molecule has 0 spiro atoms. The fourth-order valence-electron chi connectivity index (χ4n) is 1.81. The van der Waals surface area contributed by atoms with Gasteiger partial charge in [-0.05, 0) is 19.4 Å². The van der Waals surface area contributed by atoms with Gasteiger partial charge in [0.25, 0.3) is 5.69 Å². The fourth-order valence-corrected chi connectivity index (χ4v) is 1.92. The fraction of sp³-hybridized carbons (Fsp3) is 0.429. The lowest BCUT2D eigenvalue weighted by Crippen LogP contribution is -2.33. The summed E-state index contributed by atoms with van der Waals surface area (Å²) in [4.78, 5) is 34.8. The zero-order valence-electron chi connectivity index (χ0n) is 12.9. The lowest BCUT2D eigenvalue weighted by molar-refractivity contribution is -0.384. The van der Waals surface area contributed by atoms with Crippen molar-refractivity contribution >= 4 is 35.0 Å². The summed E-state index contributed by atoms with van der Waals surface area (Å²) in [6.45, 7) is 0.988. The quantitative estimate of drug-likeness (QED) is 0.248. The second kappa shape index (κ2) is 9.68. The smallest absolute Gasteiger partial charge is 0.414 e. The molecule has 0 radical (unpaired) electrons. The Balaban J connectivity index is 3.30. The predicted octanol–water partition coefficient (Wildman–Crippen LogP) is 2.08. The molecule has 0 fully saturated rings. The van der Waals surface area contributed by atoms with Gasteiger partial charge in [-0.2, -0.15) is 0 Å². The number of benzene rings is 1. The van der Waals surface area contributed by atoms with Gasteiger partial charge in [0.1, 0.15) is 6.61 Å². The first-order valence-corrected chi connectivity index (χ1v) is 7.58. The molecule has 1 aromatic carbocycles. The van der Waals surface area contributed by atoms with Crippen LogP contribution in [0.2, 0.25) is 0 Å². The van der Waals surface area contributed by atoms with E-state index in [1.807, 2.05) is 0 Å². The van der Waals surface area contributed by atoms with Crippen LogP contribution in [0.3, 0.4) is 0 Å². The summed E-state index contributed by atoms with van der Waals surface area (Å²) < 4.78 is 9.84. The van der Waals surface area contributed by atoms with E-state index in [9.17, 15) is 19.7 Å². The maximum Gasteiger partial charge on any atom is 0.414 e. The summed E-state index contributed by atoms with van der Waals surface area (Å²) in [5, 5.41) is 19.7. The molecule has 132 valence electrons. The highest BCUT2D eigenvalue weighted by molar-refractivity contribution is 6.17. The maximum absolute atomic E-state index is 12.1. The van der Waals surface area contributed by atoms with E-state index >= 15 is 0 Å². The Morgan fingerprint density at radius 3 is 2.67 bits per heavy atom. The van der Waals surface area contributed by atoms with E-state index in [1.165, 1.54) is 12.1 Å². The monoisotopic (exact) mass is 360 g/mol. The second-order valence-electron chi connectivity index (χ2n) is 4.43. The van der Waals surface area contributed by atoms with E-state index in [0.717, 1.165) is 11.0 Å². The Hall–Kier alpha value is -2.39. The molecule has 1 aromatic rings. The normalized spacial score (nSPS) is 10.1. The largest absolute Gasteiger partial charge is 0.449 e. The zero-order chi connectivity index (χ0) is 18.1. The van der Waals surface area contributed by atoms with Crippen LogP contribution in [-0.2, 0) is 9.53 Å². The second-order valence-corrected chi connectivity index (χ2v) is 4.81. The molecule has 0 aliphatic carbocycles. The van der Waals surface area contributed by atoms with E-state index in [-0.39, 0.29) is 36.2 Å². The summed E-state index contributed by atoms with van der Waals surface area (Å²) in [6.07, 6.45) is -0.289. The lowest BCUT2D eigenvalue weighted by Gasteiger charge is -2.23. The van der Waals surface area contributed by atoms with E-state index in [0.29, 0.717) is 6.42 Å². The molecule has 0 unspecified atom stereocenters. The molecule has 0 saturated carbocycles. The van der Waals surface area contributed by atoms with Gasteiger partial charge in [-0.15, -0.1) is 11.6 Å². The number of carbonyl (C=O) groups excluding carboxylic acids is 2. The number of anilines is 1. The number of carbonyl (C=O) groups is 2. The number of aliphatic hydroxyl groups excluding tert-OH is 1. The number of non-ortho nitro benzene ring substituents is 1. The number of hydrogen-bond donors (Lipinski definition) is 1. The van der Waals surface area contributed by atoms with Gasteiger partial charge in [0, 0.05) is 18.5 Å². The topological polar surface area (TPSA) is 119 Å². The molecular formula is C14H17ClN2O7. The first kappa shape index (κ1) is 19.7. The molecule has 0 heterocycles. The van der Waals surface area contributed by atoms with Gasteiger partial charge in [0.05, 0.1) is 23.3 Å². The van der Waals surface area contributed by atoms with Crippen molar-refractivity contribution in [3.05, 3.63) is 28.3 Å². The van der Waals surface area contributed by atoms with Crippen molar-refractivity contribution in [2.24, 2.45) is 0 Å². The summed E-state index contributed by atoms with van der Waals surface area (Å²) in [6, 6.07) is 3.43. The number of halogens is 1. The number of rotatable bonds is 8. The minimum atomic E-state index is -1.02. The van der Waals surface area contributed by atoms with Gasteiger partial charge in [-0.25, -0.2) is 9.59 Å². The highest BCUT2D eigenvalue weighted by atomic mass is 35.5. The van der Waals surface area contributed by atoms with E-state index in [4.69, 9.17) is 26.2 Å². The lowest BCUT2D eigenvalue weighted by atomic mass is 10.2. The molecule has 0 atom stereocenters. The Morgan fingerprint density at radius 1 is 1.42 bits per heavy atom. The van der Waals surface area contributed by atoms with Gasteiger partial charge in [0.2, 0.25) is 0 Å². The third-order valence-corrected chi connectivity index (χ3v) is 3.07. The molecule has 9 nitrogen and oxygen atoms in total. The van der Waals surface area contributed by atoms with Crippen molar-refractivity contribution in [2.75, 3.05) is 30.5 Å². The molecule has 24 heavy (non-hydrogen) atoms. The Kier molecular flexibility index (Phi) is 7.93. The third kappa shape index (κ3) is 5.36. The Labute approximate surface area is 142 Å². The van der Waals surface area contributed by atoms with Crippen LogP contribution in [0.4, 0.5) is 16.2 Å². The van der Waals surface area contributed by atoms with Crippen LogP contribution in [0, 0.1) is 10.1 Å². The van der Waals surface area contributed by atoms with Gasteiger partial charge >= 0.3 is 12.1 Å². The SMILES string of the molecule is CCOC(=O)N(CCCCl)c1ccc([N+](=O)[O-])cc1OC(=O)CO. The van der Waals surface area contributed by atoms with Gasteiger partial charge in [0.15, 0.2) is 5.75 Å². The number of hydrogen-bond acceptors (Lipinski definition) is 7. The number of alkyl halides is 1. The first-order valence-electron chi connectivity index (χ1n) is 7.04. The van der Waals surface area contributed by atoms with Crippen LogP contribution in [0.1, 0.15) is 13.3 Å². The highest BCUT2D eigenvalue weighted by Crippen LogP contribution is 2.33. The first-order chi connectivity index (χ1) is 11.4. The van der Waals surface area contributed by atoms with Crippen molar-refractivity contribution in [1.29, 1.82) is 0 Å². The summed E-state index contributed by atoms with van der Waals surface area (Å²) in [5.41, 5.74) is -0.230. The Bertz CT molecular complexity index is 609. The van der Waals surface area contributed by atoms with Crippen molar-refractivity contribution < 1.29 is 29.1 Å². The van der Waals surface area contributed by atoms with Crippen LogP contribution in [0.5, 0.6) is 5.75 Å². The summed E-state index contributed by atoms with van der Waals surface area (Å²) >= 11 is 5.64. The minimum absolute atomic E-state index is 0.103. The molecule has 0 saturated heterocycles. The number of aliphatic hydroxyl groups is 1. The molecular weight excluding hydrogens is 344 g/mol. The average molecular weight is 361 g/mol. The number of esters is 1. The standard InChI is InChI=1S/C14H17ClN2O7/c1-2-23-14(20)16(7-3-6-15)11-5-4-10(17(21)22)8-12(11)24-13(19)9-18/h4-5,8,18H,2-3,6-7,9H2,1H3. The van der Waals surface area contributed by atoms with Crippen LogP contribution >= 0.6 is 11.6 Å².